The maximum Gasteiger partial charge on any atom is 0.250 e. The van der Waals surface area contributed by atoms with Crippen LogP contribution >= 0.6 is 0 Å². The summed E-state index contributed by atoms with van der Waals surface area (Å²) >= 11 is 0. The highest BCUT2D eigenvalue weighted by Crippen LogP contribution is 2.03. The maximum atomic E-state index is 11.6. The number of rotatable bonds is 6. The van der Waals surface area contributed by atoms with Crippen LogP contribution in [0.4, 0.5) is 0 Å². The van der Waals surface area contributed by atoms with E-state index in [2.05, 4.69) is 5.32 Å². The largest absolute Gasteiger partial charge is 0.391 e. The second kappa shape index (κ2) is 6.96. The van der Waals surface area contributed by atoms with Crippen molar-refractivity contribution in [3.8, 4) is 0 Å². The van der Waals surface area contributed by atoms with Crippen LogP contribution in [0, 0.1) is 5.92 Å². The summed E-state index contributed by atoms with van der Waals surface area (Å²) in [5.74, 6) is 0.111. The van der Waals surface area contributed by atoms with E-state index in [1.165, 1.54) is 10.6 Å². The summed E-state index contributed by atoms with van der Waals surface area (Å²) in [7, 11) is 0. The smallest absolute Gasteiger partial charge is 0.250 e. The molecule has 0 aliphatic rings. The molecule has 1 aromatic heterocycles. The minimum atomic E-state index is -0.540. The highest BCUT2D eigenvalue weighted by molar-refractivity contribution is 5.75. The van der Waals surface area contributed by atoms with Crippen molar-refractivity contribution in [2.45, 2.75) is 32.9 Å². The van der Waals surface area contributed by atoms with Gasteiger partial charge in [-0.2, -0.15) is 0 Å². The molecule has 0 aliphatic heterocycles. The average molecular weight is 252 g/mol. The third-order valence-electron chi connectivity index (χ3n) is 2.49. The molecule has 0 aliphatic carbocycles. The van der Waals surface area contributed by atoms with Gasteiger partial charge in [-0.3, -0.25) is 9.59 Å². The third kappa shape index (κ3) is 5.14. The molecule has 0 bridgehead atoms. The molecule has 0 saturated heterocycles. The van der Waals surface area contributed by atoms with Gasteiger partial charge in [0.25, 0.3) is 5.56 Å². The summed E-state index contributed by atoms with van der Waals surface area (Å²) in [5.41, 5.74) is -0.213. The number of hydrogen-bond acceptors (Lipinski definition) is 3. The van der Waals surface area contributed by atoms with Gasteiger partial charge in [-0.05, 0) is 18.4 Å². The van der Waals surface area contributed by atoms with Crippen molar-refractivity contribution in [3.05, 3.63) is 34.7 Å². The lowest BCUT2D eigenvalue weighted by Crippen LogP contribution is -2.36. The quantitative estimate of drug-likeness (QED) is 0.768. The molecule has 1 amide bonds. The van der Waals surface area contributed by atoms with Gasteiger partial charge >= 0.3 is 0 Å². The molecular weight excluding hydrogens is 232 g/mol. The lowest BCUT2D eigenvalue weighted by Gasteiger charge is -2.14. The topological polar surface area (TPSA) is 71.3 Å². The molecule has 1 rings (SSSR count). The summed E-state index contributed by atoms with van der Waals surface area (Å²) in [4.78, 5) is 22.9. The normalized spacial score (nSPS) is 12.4. The lowest BCUT2D eigenvalue weighted by molar-refractivity contribution is -0.122. The molecule has 5 nitrogen and oxygen atoms in total. The van der Waals surface area contributed by atoms with Gasteiger partial charge < -0.3 is 15.0 Å². The minimum Gasteiger partial charge on any atom is -0.391 e. The highest BCUT2D eigenvalue weighted by Gasteiger charge is 2.09. The van der Waals surface area contributed by atoms with Gasteiger partial charge in [0.1, 0.15) is 6.54 Å². The Morgan fingerprint density at radius 2 is 2.17 bits per heavy atom. The SMILES string of the molecule is CC(C)CC(O)CNC(=O)Cn1ccccc1=O. The fraction of sp³-hybridized carbons (Fsp3) is 0.538. The van der Waals surface area contributed by atoms with Gasteiger partial charge in [-0.1, -0.05) is 19.9 Å². The Morgan fingerprint density at radius 3 is 2.78 bits per heavy atom. The van der Waals surface area contributed by atoms with E-state index in [4.69, 9.17) is 0 Å². The standard InChI is InChI=1S/C13H20N2O3/c1-10(2)7-11(16)8-14-12(17)9-15-6-4-3-5-13(15)18/h3-6,10-11,16H,7-9H2,1-2H3,(H,14,17). The van der Waals surface area contributed by atoms with Crippen LogP contribution in [0.2, 0.25) is 0 Å². The van der Waals surface area contributed by atoms with Gasteiger partial charge in [0.2, 0.25) is 5.91 Å². The van der Waals surface area contributed by atoms with Crippen molar-refractivity contribution in [2.75, 3.05) is 6.54 Å². The van der Waals surface area contributed by atoms with Crippen LogP contribution in [-0.2, 0) is 11.3 Å². The number of aliphatic hydroxyl groups is 1. The molecule has 1 heterocycles. The fourth-order valence-corrected chi connectivity index (χ4v) is 1.66. The number of aliphatic hydroxyl groups excluding tert-OH is 1. The number of carbonyl (C=O) groups is 1. The van der Waals surface area contributed by atoms with Crippen LogP contribution in [-0.4, -0.2) is 28.2 Å². The lowest BCUT2D eigenvalue weighted by atomic mass is 10.1. The first-order chi connectivity index (χ1) is 8.49. The Kier molecular flexibility index (Phi) is 5.58. The number of amides is 1. The second-order valence-corrected chi connectivity index (χ2v) is 4.75. The van der Waals surface area contributed by atoms with Crippen molar-refractivity contribution >= 4 is 5.91 Å². The van der Waals surface area contributed by atoms with E-state index < -0.39 is 6.10 Å². The maximum absolute atomic E-state index is 11.6. The zero-order valence-electron chi connectivity index (χ0n) is 10.8. The molecule has 0 spiro atoms. The predicted octanol–water partition coefficient (Wildman–Crippen LogP) is 0.371. The van der Waals surface area contributed by atoms with Gasteiger partial charge in [0, 0.05) is 18.8 Å². The fourth-order valence-electron chi connectivity index (χ4n) is 1.66. The first-order valence-corrected chi connectivity index (χ1v) is 6.09. The number of carbonyl (C=O) groups excluding carboxylic acids is 1. The molecule has 18 heavy (non-hydrogen) atoms. The Bertz CT molecular complexity index is 440. The first-order valence-electron chi connectivity index (χ1n) is 6.09. The summed E-state index contributed by atoms with van der Waals surface area (Å²) in [6, 6.07) is 4.73. The second-order valence-electron chi connectivity index (χ2n) is 4.75. The van der Waals surface area contributed by atoms with Gasteiger partial charge in [0.15, 0.2) is 0 Å². The molecule has 1 atom stereocenters. The summed E-state index contributed by atoms with van der Waals surface area (Å²) in [6.07, 6.45) is 1.67. The molecule has 100 valence electrons. The van der Waals surface area contributed by atoms with Gasteiger partial charge in [-0.15, -0.1) is 0 Å². The minimum absolute atomic E-state index is 0.0198. The van der Waals surface area contributed by atoms with E-state index >= 15 is 0 Å². The molecule has 0 fully saturated rings. The number of hydrogen-bond donors (Lipinski definition) is 2. The third-order valence-corrected chi connectivity index (χ3v) is 2.49. The van der Waals surface area contributed by atoms with E-state index in [0.717, 1.165) is 0 Å². The molecule has 0 aromatic carbocycles. The molecular formula is C13H20N2O3. The summed E-state index contributed by atoms with van der Waals surface area (Å²) in [6.45, 7) is 4.22. The molecule has 1 aromatic rings. The monoisotopic (exact) mass is 252 g/mol. The Labute approximate surface area is 106 Å². The predicted molar refractivity (Wildman–Crippen MR) is 69.2 cm³/mol. The van der Waals surface area contributed by atoms with E-state index in [1.54, 1.807) is 18.3 Å². The summed E-state index contributed by atoms with van der Waals surface area (Å²) < 4.78 is 1.32. The van der Waals surface area contributed by atoms with Gasteiger partial charge in [-0.25, -0.2) is 0 Å². The van der Waals surface area contributed by atoms with Crippen LogP contribution in [0.25, 0.3) is 0 Å². The number of aromatic nitrogens is 1. The van der Waals surface area contributed by atoms with Crippen molar-refractivity contribution < 1.29 is 9.90 Å². The Balaban J connectivity index is 2.39. The number of nitrogens with one attached hydrogen (secondary N) is 1. The van der Waals surface area contributed by atoms with E-state index in [0.29, 0.717) is 12.3 Å². The average Bonchev–Trinajstić information content (AvgIpc) is 2.29. The Hall–Kier alpha value is -1.62. The van der Waals surface area contributed by atoms with Crippen LogP contribution < -0.4 is 10.9 Å². The molecule has 2 N–H and O–H groups in total. The zero-order chi connectivity index (χ0) is 13.5. The van der Waals surface area contributed by atoms with Crippen molar-refractivity contribution in [1.82, 2.24) is 9.88 Å². The number of nitrogens with zero attached hydrogens (tertiary/aromatic N) is 1. The van der Waals surface area contributed by atoms with Gasteiger partial charge in [0.05, 0.1) is 6.10 Å². The van der Waals surface area contributed by atoms with Crippen LogP contribution in [0.15, 0.2) is 29.2 Å². The van der Waals surface area contributed by atoms with E-state index in [1.807, 2.05) is 13.8 Å². The Morgan fingerprint density at radius 1 is 1.44 bits per heavy atom. The highest BCUT2D eigenvalue weighted by atomic mass is 16.3. The van der Waals surface area contributed by atoms with Crippen LogP contribution in [0.3, 0.4) is 0 Å². The van der Waals surface area contributed by atoms with E-state index in [9.17, 15) is 14.7 Å². The molecule has 5 heteroatoms. The molecule has 0 radical (unpaired) electrons. The van der Waals surface area contributed by atoms with E-state index in [-0.39, 0.29) is 24.6 Å². The van der Waals surface area contributed by atoms with Crippen LogP contribution in [0.5, 0.6) is 0 Å². The molecule has 1 unspecified atom stereocenters. The van der Waals surface area contributed by atoms with Crippen LogP contribution in [0.1, 0.15) is 20.3 Å². The zero-order valence-corrected chi connectivity index (χ0v) is 10.8. The number of pyridine rings is 1. The van der Waals surface area contributed by atoms with Crippen molar-refractivity contribution in [3.63, 3.8) is 0 Å². The van der Waals surface area contributed by atoms with Crippen molar-refractivity contribution in [1.29, 1.82) is 0 Å². The summed E-state index contributed by atoms with van der Waals surface area (Å²) in [5, 5.41) is 12.2. The van der Waals surface area contributed by atoms with Crippen molar-refractivity contribution in [2.24, 2.45) is 5.92 Å². The first kappa shape index (κ1) is 14.4. The molecule has 0 saturated carbocycles.